The van der Waals surface area contributed by atoms with Gasteiger partial charge in [-0.05, 0) is 67.1 Å². The van der Waals surface area contributed by atoms with E-state index in [2.05, 4.69) is 24.3 Å². The van der Waals surface area contributed by atoms with E-state index < -0.39 is 4.92 Å². The van der Waals surface area contributed by atoms with Crippen LogP contribution < -0.4 is 5.32 Å². The van der Waals surface area contributed by atoms with Gasteiger partial charge in [-0.3, -0.25) is 4.79 Å². The van der Waals surface area contributed by atoms with Crippen molar-refractivity contribution in [1.82, 2.24) is 15.1 Å². The van der Waals surface area contributed by atoms with E-state index >= 15 is 0 Å². The molecule has 4 aliphatic carbocycles. The van der Waals surface area contributed by atoms with Gasteiger partial charge in [-0.15, -0.1) is 0 Å². The Kier molecular flexibility index (Phi) is 3.72. The van der Waals surface area contributed by atoms with Gasteiger partial charge >= 0.3 is 5.82 Å². The molecule has 1 aromatic heterocycles. The summed E-state index contributed by atoms with van der Waals surface area (Å²) >= 11 is 0. The number of carbonyl (C=O) groups excluding carboxylic acids is 1. The number of aromatic nitrogens is 2. The number of nitrogens with one attached hydrogen (secondary N) is 1. The first-order valence-electron chi connectivity index (χ1n) is 9.59. The molecule has 0 saturated heterocycles. The van der Waals surface area contributed by atoms with Gasteiger partial charge in [0.15, 0.2) is 0 Å². The van der Waals surface area contributed by atoms with Crippen LogP contribution in [0.2, 0.25) is 0 Å². The van der Waals surface area contributed by atoms with Gasteiger partial charge in [-0.25, -0.2) is 0 Å². The fraction of sp³-hybridized carbons (Fsp3) is 0.789. The number of carbonyl (C=O) groups is 1. The molecule has 142 valence electrons. The lowest BCUT2D eigenvalue weighted by Gasteiger charge is -2.64. The van der Waals surface area contributed by atoms with Crippen molar-refractivity contribution >= 4 is 11.7 Å². The van der Waals surface area contributed by atoms with E-state index in [4.69, 9.17) is 0 Å². The Bertz CT molecular complexity index is 753. The molecule has 7 nitrogen and oxygen atoms in total. The molecule has 7 heteroatoms. The van der Waals surface area contributed by atoms with E-state index in [0.29, 0.717) is 29.8 Å². The summed E-state index contributed by atoms with van der Waals surface area (Å²) in [6.45, 7) is 7.44. The van der Waals surface area contributed by atoms with Crippen LogP contribution >= 0.6 is 0 Å². The molecule has 4 bridgehead atoms. The summed E-state index contributed by atoms with van der Waals surface area (Å²) in [7, 11) is 0. The van der Waals surface area contributed by atoms with Crippen LogP contribution in [0.3, 0.4) is 0 Å². The molecule has 0 radical (unpaired) electrons. The number of rotatable bonds is 5. The molecular formula is C19H28N4O3. The van der Waals surface area contributed by atoms with Crippen LogP contribution in [0.4, 0.5) is 5.82 Å². The summed E-state index contributed by atoms with van der Waals surface area (Å²) in [6.07, 6.45) is 6.83. The third-order valence-corrected chi connectivity index (χ3v) is 6.87. The van der Waals surface area contributed by atoms with Gasteiger partial charge in [0, 0.05) is 6.54 Å². The largest absolute Gasteiger partial charge is 0.390 e. The highest BCUT2D eigenvalue weighted by atomic mass is 16.6. The molecule has 0 aliphatic heterocycles. The maximum absolute atomic E-state index is 13.1. The van der Waals surface area contributed by atoms with Crippen molar-refractivity contribution in [3.05, 3.63) is 21.9 Å². The van der Waals surface area contributed by atoms with Crippen LogP contribution in [0, 0.1) is 39.2 Å². The molecule has 1 amide bonds. The number of nitro groups is 1. The minimum absolute atomic E-state index is 0.143. The minimum atomic E-state index is -0.487. The van der Waals surface area contributed by atoms with E-state index in [-0.39, 0.29) is 17.1 Å². The van der Waals surface area contributed by atoms with Crippen molar-refractivity contribution in [2.24, 2.45) is 22.2 Å². The first kappa shape index (κ1) is 17.5. The van der Waals surface area contributed by atoms with E-state index in [1.807, 2.05) is 0 Å². The third kappa shape index (κ3) is 2.81. The summed E-state index contributed by atoms with van der Waals surface area (Å²) < 4.78 is 1.60. The first-order chi connectivity index (χ1) is 12.1. The molecule has 0 spiro atoms. The molecule has 26 heavy (non-hydrogen) atoms. The fourth-order valence-electron chi connectivity index (χ4n) is 6.97. The van der Waals surface area contributed by atoms with Gasteiger partial charge in [0.25, 0.3) is 0 Å². The molecule has 1 N–H and O–H groups in total. The predicted molar refractivity (Wildman–Crippen MR) is 96.5 cm³/mol. The zero-order valence-corrected chi connectivity index (χ0v) is 15.9. The van der Waals surface area contributed by atoms with Crippen LogP contribution in [0.15, 0.2) is 6.07 Å². The second-order valence-electron chi connectivity index (χ2n) is 9.79. The van der Waals surface area contributed by atoms with E-state index in [0.717, 1.165) is 25.0 Å². The van der Waals surface area contributed by atoms with Crippen molar-refractivity contribution in [2.45, 2.75) is 65.8 Å². The Morgan fingerprint density at radius 3 is 2.50 bits per heavy atom. The quantitative estimate of drug-likeness (QED) is 0.645. The summed E-state index contributed by atoms with van der Waals surface area (Å²) in [4.78, 5) is 23.5. The summed E-state index contributed by atoms with van der Waals surface area (Å²) in [5.41, 5.74) is 1.14. The number of hydrogen-bond donors (Lipinski definition) is 1. The smallest absolute Gasteiger partial charge is 0.358 e. The van der Waals surface area contributed by atoms with Crippen molar-refractivity contribution in [1.29, 1.82) is 0 Å². The summed E-state index contributed by atoms with van der Waals surface area (Å²) in [5.74, 6) is 0.720. The third-order valence-electron chi connectivity index (χ3n) is 6.87. The molecule has 2 atom stereocenters. The second-order valence-corrected chi connectivity index (χ2v) is 9.79. The van der Waals surface area contributed by atoms with Gasteiger partial charge in [-0.2, -0.15) is 4.68 Å². The SMILES string of the molecule is Cc1cc([N+](=O)[O-])nn1CCNC(=O)C12CC3C[C@@](C)(C1)C[C@@](C)(C3)C2. The van der Waals surface area contributed by atoms with Crippen LogP contribution in [0.1, 0.15) is 58.1 Å². The van der Waals surface area contributed by atoms with Gasteiger partial charge in [0.2, 0.25) is 5.91 Å². The Morgan fingerprint density at radius 2 is 1.96 bits per heavy atom. The Labute approximate surface area is 153 Å². The van der Waals surface area contributed by atoms with Gasteiger partial charge in [-0.1, -0.05) is 13.8 Å². The average molecular weight is 360 g/mol. The van der Waals surface area contributed by atoms with Gasteiger partial charge in [0.1, 0.15) is 0 Å². The number of amides is 1. The lowest BCUT2D eigenvalue weighted by Crippen LogP contribution is -2.60. The van der Waals surface area contributed by atoms with Crippen molar-refractivity contribution in [2.75, 3.05) is 6.54 Å². The van der Waals surface area contributed by atoms with Crippen LogP contribution in [0.25, 0.3) is 0 Å². The fourth-order valence-corrected chi connectivity index (χ4v) is 6.97. The molecule has 1 aromatic rings. The predicted octanol–water partition coefficient (Wildman–Crippen LogP) is 3.21. The normalized spacial score (nSPS) is 37.7. The maximum Gasteiger partial charge on any atom is 0.390 e. The monoisotopic (exact) mass is 360 g/mol. The topological polar surface area (TPSA) is 90.1 Å². The van der Waals surface area contributed by atoms with Crippen LogP contribution in [-0.2, 0) is 11.3 Å². The maximum atomic E-state index is 13.1. The first-order valence-corrected chi connectivity index (χ1v) is 9.59. The molecular weight excluding hydrogens is 332 g/mol. The Balaban J connectivity index is 1.42. The zero-order valence-electron chi connectivity index (χ0n) is 15.9. The zero-order chi connectivity index (χ0) is 18.7. The summed E-state index contributed by atoms with van der Waals surface area (Å²) in [5, 5.41) is 17.9. The van der Waals surface area contributed by atoms with Crippen molar-refractivity contribution in [3.63, 3.8) is 0 Å². The molecule has 4 fully saturated rings. The highest BCUT2D eigenvalue weighted by molar-refractivity contribution is 5.83. The lowest BCUT2D eigenvalue weighted by molar-refractivity contribution is -0.389. The lowest BCUT2D eigenvalue weighted by atomic mass is 9.40. The van der Waals surface area contributed by atoms with Crippen LogP contribution in [0.5, 0.6) is 0 Å². The highest BCUT2D eigenvalue weighted by Gasteiger charge is 2.62. The van der Waals surface area contributed by atoms with Crippen molar-refractivity contribution < 1.29 is 9.72 Å². The van der Waals surface area contributed by atoms with E-state index in [1.165, 1.54) is 25.3 Å². The van der Waals surface area contributed by atoms with E-state index in [9.17, 15) is 14.9 Å². The highest BCUT2D eigenvalue weighted by Crippen LogP contribution is 2.69. The average Bonchev–Trinajstić information content (AvgIpc) is 2.85. The number of aryl methyl sites for hydroxylation is 1. The Hall–Kier alpha value is -1.92. The molecule has 5 rings (SSSR count). The van der Waals surface area contributed by atoms with E-state index in [1.54, 1.807) is 11.6 Å². The number of nitrogens with zero attached hydrogens (tertiary/aromatic N) is 3. The summed E-state index contributed by atoms with van der Waals surface area (Å²) in [6, 6.07) is 1.46. The molecule has 1 heterocycles. The van der Waals surface area contributed by atoms with Crippen molar-refractivity contribution in [3.8, 4) is 0 Å². The van der Waals surface area contributed by atoms with Crippen LogP contribution in [-0.4, -0.2) is 27.2 Å². The molecule has 0 aromatic carbocycles. The Morgan fingerprint density at radius 1 is 1.31 bits per heavy atom. The van der Waals surface area contributed by atoms with Gasteiger partial charge < -0.3 is 15.4 Å². The molecule has 4 aliphatic rings. The second kappa shape index (κ2) is 5.54. The van der Waals surface area contributed by atoms with Gasteiger partial charge in [0.05, 0.1) is 28.8 Å². The molecule has 4 saturated carbocycles. The minimum Gasteiger partial charge on any atom is -0.358 e. The molecule has 0 unspecified atom stereocenters. The standard InChI is InChI=1S/C19H28N4O3/c1-13-6-15(23(25)26)21-22(13)5-4-20-16(24)19-9-14-7-17(2,11-19)10-18(3,8-14)12-19/h6,14H,4-5,7-12H2,1-3H3,(H,20,24)/t14?,17-,18-,19?/m1/s1. The number of hydrogen-bond acceptors (Lipinski definition) is 4.